The maximum absolute atomic E-state index is 11.2. The Morgan fingerprint density at radius 1 is 1.58 bits per heavy atom. The van der Waals surface area contributed by atoms with Crippen LogP contribution in [0, 0.1) is 5.41 Å². The van der Waals surface area contributed by atoms with Crippen LogP contribution in [0.25, 0.3) is 0 Å². The van der Waals surface area contributed by atoms with Gasteiger partial charge in [-0.25, -0.2) is 9.78 Å². The zero-order valence-electron chi connectivity index (χ0n) is 11.1. The lowest BCUT2D eigenvalue weighted by molar-refractivity contribution is -0.0795. The summed E-state index contributed by atoms with van der Waals surface area (Å²) in [6, 6.07) is 3.04. The van der Waals surface area contributed by atoms with E-state index in [1.807, 2.05) is 0 Å². The first-order chi connectivity index (χ1) is 8.86. The van der Waals surface area contributed by atoms with E-state index in [0.717, 1.165) is 6.42 Å². The van der Waals surface area contributed by atoms with E-state index in [9.17, 15) is 4.79 Å². The van der Waals surface area contributed by atoms with Crippen LogP contribution >= 0.6 is 11.6 Å². The van der Waals surface area contributed by atoms with Crippen molar-refractivity contribution >= 4 is 23.4 Å². The van der Waals surface area contributed by atoms with Gasteiger partial charge in [-0.3, -0.25) is 0 Å². The van der Waals surface area contributed by atoms with Crippen LogP contribution in [0.5, 0.6) is 0 Å². The molecule has 2 N–H and O–H groups in total. The van der Waals surface area contributed by atoms with E-state index in [2.05, 4.69) is 24.1 Å². The molecule has 2 unspecified atom stereocenters. The average Bonchev–Trinajstić information content (AvgIpc) is 2.33. The summed E-state index contributed by atoms with van der Waals surface area (Å²) in [5, 5.41) is 12.6. The number of ether oxygens (including phenoxy) is 1. The highest BCUT2D eigenvalue weighted by molar-refractivity contribution is 6.29. The van der Waals surface area contributed by atoms with Gasteiger partial charge < -0.3 is 15.2 Å². The van der Waals surface area contributed by atoms with E-state index in [1.165, 1.54) is 12.1 Å². The molecular formula is C13H17ClN2O3. The molecule has 0 bridgehead atoms. The number of halogens is 1. The Morgan fingerprint density at radius 2 is 2.26 bits per heavy atom. The first-order valence-corrected chi connectivity index (χ1v) is 6.43. The standard InChI is InChI=1S/C13H17ClN2O3/c1-13(2)8(6-9(13)19-3)15-11-7(12(17)18)4-5-10(14)16-11/h4-5,8-9H,6H2,1-3H3,(H,15,16)(H,17,18). The number of hydrogen-bond acceptors (Lipinski definition) is 4. The van der Waals surface area contributed by atoms with Gasteiger partial charge in [0.2, 0.25) is 0 Å². The molecule has 19 heavy (non-hydrogen) atoms. The van der Waals surface area contributed by atoms with Crippen molar-refractivity contribution in [3.05, 3.63) is 22.8 Å². The van der Waals surface area contributed by atoms with Gasteiger partial charge in [0.05, 0.1) is 6.10 Å². The smallest absolute Gasteiger partial charge is 0.339 e. The van der Waals surface area contributed by atoms with E-state index < -0.39 is 5.97 Å². The number of aromatic carboxylic acids is 1. The molecular weight excluding hydrogens is 268 g/mol. The van der Waals surface area contributed by atoms with Crippen molar-refractivity contribution < 1.29 is 14.6 Å². The topological polar surface area (TPSA) is 71.5 Å². The maximum Gasteiger partial charge on any atom is 0.339 e. The second kappa shape index (κ2) is 4.98. The largest absolute Gasteiger partial charge is 0.478 e. The van der Waals surface area contributed by atoms with Crippen molar-refractivity contribution in [2.24, 2.45) is 5.41 Å². The molecule has 0 aromatic carbocycles. The number of carboxylic acids is 1. The molecule has 1 fully saturated rings. The highest BCUT2D eigenvalue weighted by Gasteiger charge is 2.49. The third-order valence-electron chi connectivity index (χ3n) is 3.86. The van der Waals surface area contributed by atoms with E-state index >= 15 is 0 Å². The minimum Gasteiger partial charge on any atom is -0.478 e. The predicted octanol–water partition coefficient (Wildman–Crippen LogP) is 2.66. The molecule has 1 aliphatic rings. The quantitative estimate of drug-likeness (QED) is 0.832. The lowest BCUT2D eigenvalue weighted by Gasteiger charge is -2.51. The Hall–Kier alpha value is -1.33. The number of hydrogen-bond donors (Lipinski definition) is 2. The van der Waals surface area contributed by atoms with Crippen LogP contribution in [0.15, 0.2) is 12.1 Å². The van der Waals surface area contributed by atoms with Crippen molar-refractivity contribution in [1.82, 2.24) is 4.98 Å². The number of carbonyl (C=O) groups is 1. The van der Waals surface area contributed by atoms with Crippen LogP contribution in [0.3, 0.4) is 0 Å². The zero-order valence-corrected chi connectivity index (χ0v) is 11.9. The molecule has 1 aromatic rings. The van der Waals surface area contributed by atoms with Gasteiger partial charge in [0.15, 0.2) is 0 Å². The molecule has 1 saturated carbocycles. The molecule has 104 valence electrons. The molecule has 2 atom stereocenters. The van der Waals surface area contributed by atoms with Gasteiger partial charge in [0.25, 0.3) is 0 Å². The van der Waals surface area contributed by atoms with E-state index in [4.69, 9.17) is 21.4 Å². The van der Waals surface area contributed by atoms with Crippen LogP contribution in [-0.2, 0) is 4.74 Å². The van der Waals surface area contributed by atoms with Gasteiger partial charge in [0, 0.05) is 18.6 Å². The van der Waals surface area contributed by atoms with E-state index in [-0.39, 0.29) is 28.3 Å². The van der Waals surface area contributed by atoms with Crippen molar-refractivity contribution in [2.45, 2.75) is 32.4 Å². The summed E-state index contributed by atoms with van der Waals surface area (Å²) < 4.78 is 5.37. The summed E-state index contributed by atoms with van der Waals surface area (Å²) in [4.78, 5) is 15.2. The number of anilines is 1. The molecule has 0 radical (unpaired) electrons. The molecule has 6 heteroatoms. The minimum absolute atomic E-state index is 0.0749. The fourth-order valence-electron chi connectivity index (χ4n) is 2.41. The first-order valence-electron chi connectivity index (χ1n) is 6.05. The molecule has 1 aliphatic carbocycles. The third kappa shape index (κ3) is 2.53. The van der Waals surface area contributed by atoms with Crippen molar-refractivity contribution in [1.29, 1.82) is 0 Å². The fraction of sp³-hybridized carbons (Fsp3) is 0.538. The monoisotopic (exact) mass is 284 g/mol. The van der Waals surface area contributed by atoms with Crippen LogP contribution in [0.1, 0.15) is 30.6 Å². The summed E-state index contributed by atoms with van der Waals surface area (Å²) in [6.07, 6.45) is 0.981. The Balaban J connectivity index is 2.21. The number of pyridine rings is 1. The Kier molecular flexibility index (Phi) is 3.69. The third-order valence-corrected chi connectivity index (χ3v) is 4.08. The van der Waals surface area contributed by atoms with Crippen molar-refractivity contribution in [2.75, 3.05) is 12.4 Å². The van der Waals surface area contributed by atoms with Crippen molar-refractivity contribution in [3.63, 3.8) is 0 Å². The summed E-state index contributed by atoms with van der Waals surface area (Å²) in [5.74, 6) is -0.709. The van der Waals surface area contributed by atoms with Gasteiger partial charge in [-0.1, -0.05) is 25.4 Å². The summed E-state index contributed by atoms with van der Waals surface area (Å²) in [5.41, 5.74) is 0.0511. The van der Waals surface area contributed by atoms with E-state index in [0.29, 0.717) is 5.82 Å². The predicted molar refractivity (Wildman–Crippen MR) is 72.8 cm³/mol. The second-order valence-electron chi connectivity index (χ2n) is 5.31. The van der Waals surface area contributed by atoms with Crippen LogP contribution < -0.4 is 5.32 Å². The second-order valence-corrected chi connectivity index (χ2v) is 5.70. The number of methoxy groups -OCH3 is 1. The number of rotatable bonds is 4. The van der Waals surface area contributed by atoms with Gasteiger partial charge in [0.1, 0.15) is 16.5 Å². The Bertz CT molecular complexity index is 505. The van der Waals surface area contributed by atoms with Crippen LogP contribution in [0.4, 0.5) is 5.82 Å². The highest BCUT2D eigenvalue weighted by atomic mass is 35.5. The zero-order chi connectivity index (χ0) is 14.2. The first kappa shape index (κ1) is 14.1. The minimum atomic E-state index is -1.02. The molecule has 2 rings (SSSR count). The lowest BCUT2D eigenvalue weighted by atomic mass is 9.64. The molecule has 0 spiro atoms. The maximum atomic E-state index is 11.2. The normalized spacial score (nSPS) is 24.6. The Morgan fingerprint density at radius 3 is 2.79 bits per heavy atom. The van der Waals surface area contributed by atoms with Gasteiger partial charge in [-0.2, -0.15) is 0 Å². The van der Waals surface area contributed by atoms with Crippen LogP contribution in [-0.4, -0.2) is 35.3 Å². The van der Waals surface area contributed by atoms with Gasteiger partial charge in [-0.15, -0.1) is 0 Å². The Labute approximate surface area is 116 Å². The lowest BCUT2D eigenvalue weighted by Crippen LogP contribution is -2.57. The van der Waals surface area contributed by atoms with Crippen molar-refractivity contribution in [3.8, 4) is 0 Å². The summed E-state index contributed by atoms with van der Waals surface area (Å²) in [6.45, 7) is 4.15. The number of carboxylic acid groups (broad SMARTS) is 1. The average molecular weight is 285 g/mol. The van der Waals surface area contributed by atoms with E-state index in [1.54, 1.807) is 7.11 Å². The number of aromatic nitrogens is 1. The molecule has 0 saturated heterocycles. The van der Waals surface area contributed by atoms with Gasteiger partial charge in [-0.05, 0) is 18.6 Å². The molecule has 1 aromatic heterocycles. The fourth-order valence-corrected chi connectivity index (χ4v) is 2.56. The number of nitrogens with zero attached hydrogens (tertiary/aromatic N) is 1. The highest BCUT2D eigenvalue weighted by Crippen LogP contribution is 2.44. The van der Waals surface area contributed by atoms with Gasteiger partial charge >= 0.3 is 5.97 Å². The van der Waals surface area contributed by atoms with Crippen LogP contribution in [0.2, 0.25) is 5.15 Å². The summed E-state index contributed by atoms with van der Waals surface area (Å²) in [7, 11) is 1.68. The SMILES string of the molecule is COC1CC(Nc2nc(Cl)ccc2C(=O)O)C1(C)C. The molecule has 0 amide bonds. The molecule has 1 heterocycles. The summed E-state index contributed by atoms with van der Waals surface area (Å²) >= 11 is 5.82. The number of nitrogens with one attached hydrogen (secondary N) is 1. The molecule has 5 nitrogen and oxygen atoms in total. The molecule has 0 aliphatic heterocycles.